The molecule has 1 N–H and O–H groups in total. The first-order valence-electron chi connectivity index (χ1n) is 5.95. The minimum Gasteiger partial charge on any atom is -0.393 e. The van der Waals surface area contributed by atoms with E-state index in [1.807, 2.05) is 6.92 Å². The standard InChI is InChI=1S/C11H14BN2O4P/c1-4-5(2)9(11(17)18-19-13-12)14-8(4)7(6(3)15)10(14)16/h4,6-8,15H,1-3H3/t4-,6+,7+,8+/m0/s1. The van der Waals surface area contributed by atoms with Gasteiger partial charge in [0.1, 0.15) is 5.70 Å². The van der Waals surface area contributed by atoms with E-state index in [1.54, 1.807) is 13.8 Å². The third kappa shape index (κ3) is 2.01. The van der Waals surface area contributed by atoms with Crippen molar-refractivity contribution in [2.45, 2.75) is 32.9 Å². The number of amides is 1. The number of aliphatic hydroxyl groups is 1. The van der Waals surface area contributed by atoms with Crippen molar-refractivity contribution in [1.29, 1.82) is 0 Å². The van der Waals surface area contributed by atoms with Crippen molar-refractivity contribution in [1.82, 2.24) is 4.90 Å². The lowest BCUT2D eigenvalue weighted by Gasteiger charge is -2.46. The van der Waals surface area contributed by atoms with E-state index in [4.69, 9.17) is 12.5 Å². The molecule has 0 saturated carbocycles. The zero-order chi connectivity index (χ0) is 14.3. The molecule has 0 aliphatic carbocycles. The van der Waals surface area contributed by atoms with Gasteiger partial charge in [0.25, 0.3) is 7.98 Å². The Labute approximate surface area is 114 Å². The molecule has 100 valence electrons. The van der Waals surface area contributed by atoms with E-state index in [-0.39, 0.29) is 32.2 Å². The molecule has 8 heteroatoms. The van der Waals surface area contributed by atoms with Gasteiger partial charge in [-0.1, -0.05) is 6.92 Å². The van der Waals surface area contributed by atoms with Crippen LogP contribution < -0.4 is 0 Å². The maximum absolute atomic E-state index is 12.0. The second kappa shape index (κ2) is 5.06. The van der Waals surface area contributed by atoms with E-state index < -0.39 is 18.0 Å². The van der Waals surface area contributed by atoms with E-state index in [2.05, 4.69) is 4.66 Å². The van der Waals surface area contributed by atoms with Crippen molar-refractivity contribution < 1.29 is 19.2 Å². The zero-order valence-electron chi connectivity index (χ0n) is 10.9. The van der Waals surface area contributed by atoms with Gasteiger partial charge in [0.15, 0.2) is 0 Å². The lowest BCUT2D eigenvalue weighted by Crippen LogP contribution is -2.63. The lowest BCUT2D eigenvalue weighted by molar-refractivity contribution is -0.162. The summed E-state index contributed by atoms with van der Waals surface area (Å²) in [5.41, 5.74) is 1.05. The Hall–Kier alpha value is -1.20. The minimum atomic E-state index is -0.725. The summed E-state index contributed by atoms with van der Waals surface area (Å²) in [5.74, 6) is -1.28. The lowest BCUT2D eigenvalue weighted by atomic mass is 9.78. The van der Waals surface area contributed by atoms with Crippen molar-refractivity contribution in [3.05, 3.63) is 11.3 Å². The van der Waals surface area contributed by atoms with Crippen LogP contribution in [0.5, 0.6) is 0 Å². The van der Waals surface area contributed by atoms with E-state index >= 15 is 0 Å². The number of carbonyl (C=O) groups excluding carboxylic acids is 2. The number of carbonyl (C=O) groups is 2. The van der Waals surface area contributed by atoms with Gasteiger partial charge in [0, 0.05) is 5.92 Å². The van der Waals surface area contributed by atoms with Crippen LogP contribution in [0.4, 0.5) is 0 Å². The molecule has 0 aromatic carbocycles. The van der Waals surface area contributed by atoms with Crippen LogP contribution in [0, 0.1) is 11.8 Å². The van der Waals surface area contributed by atoms with Crippen molar-refractivity contribution in [2.75, 3.05) is 0 Å². The molecule has 2 radical (unpaired) electrons. The first-order valence-corrected chi connectivity index (χ1v) is 6.71. The van der Waals surface area contributed by atoms with Crippen LogP contribution in [0.25, 0.3) is 0 Å². The second-order valence-electron chi connectivity index (χ2n) is 4.86. The fourth-order valence-electron chi connectivity index (χ4n) is 2.84. The molecular weight excluding hydrogens is 266 g/mol. The van der Waals surface area contributed by atoms with Crippen molar-refractivity contribution in [2.24, 2.45) is 16.5 Å². The molecule has 0 aromatic rings. The summed E-state index contributed by atoms with van der Waals surface area (Å²) in [6.45, 7) is 5.31. The van der Waals surface area contributed by atoms with Crippen LogP contribution in [-0.2, 0) is 14.1 Å². The molecule has 19 heavy (non-hydrogen) atoms. The smallest absolute Gasteiger partial charge is 0.364 e. The van der Waals surface area contributed by atoms with Crippen LogP contribution in [-0.4, -0.2) is 42.0 Å². The summed E-state index contributed by atoms with van der Waals surface area (Å²) in [6, 6.07) is -0.165. The molecule has 2 rings (SSSR count). The summed E-state index contributed by atoms with van der Waals surface area (Å²) in [7, 11) is 4.91. The quantitative estimate of drug-likeness (QED) is 0.471. The monoisotopic (exact) mass is 280 g/mol. The Morgan fingerprint density at radius 1 is 1.63 bits per heavy atom. The van der Waals surface area contributed by atoms with Gasteiger partial charge >= 0.3 is 5.97 Å². The molecule has 2 heterocycles. The topological polar surface area (TPSA) is 79.2 Å². The van der Waals surface area contributed by atoms with E-state index in [1.165, 1.54) is 4.90 Å². The van der Waals surface area contributed by atoms with Gasteiger partial charge in [-0.25, -0.2) is 4.79 Å². The fourth-order valence-corrected chi connectivity index (χ4v) is 3.05. The summed E-state index contributed by atoms with van der Waals surface area (Å²) in [5, 5.41) is 9.64. The number of β-lactam (4-membered cyclic amide) rings is 1. The number of fused-ring (bicyclic) bond motifs is 1. The summed E-state index contributed by atoms with van der Waals surface area (Å²) in [6.07, 6.45) is -0.725. The third-order valence-electron chi connectivity index (χ3n) is 3.88. The van der Waals surface area contributed by atoms with Crippen LogP contribution in [0.3, 0.4) is 0 Å². The number of nitrogens with zero attached hydrogens (tertiary/aromatic N) is 2. The fraction of sp³-hybridized carbons (Fsp3) is 0.636. The predicted octanol–water partition coefficient (Wildman–Crippen LogP) is 0.789. The highest BCUT2D eigenvalue weighted by Gasteiger charge is 2.59. The average molecular weight is 280 g/mol. The normalized spacial score (nSPS) is 31.5. The predicted molar refractivity (Wildman–Crippen MR) is 68.9 cm³/mol. The van der Waals surface area contributed by atoms with Crippen molar-refractivity contribution >= 4 is 28.5 Å². The van der Waals surface area contributed by atoms with Gasteiger partial charge in [0.2, 0.25) is 14.5 Å². The van der Waals surface area contributed by atoms with Gasteiger partial charge in [-0.15, -0.1) is 0 Å². The van der Waals surface area contributed by atoms with Gasteiger partial charge in [-0.3, -0.25) is 4.79 Å². The molecule has 4 atom stereocenters. The minimum absolute atomic E-state index is 0.00180. The van der Waals surface area contributed by atoms with E-state index in [0.717, 1.165) is 5.57 Å². The Morgan fingerprint density at radius 3 is 2.79 bits per heavy atom. The van der Waals surface area contributed by atoms with E-state index in [9.17, 15) is 14.7 Å². The first kappa shape index (κ1) is 14.2. The van der Waals surface area contributed by atoms with Gasteiger partial charge < -0.3 is 19.2 Å². The Morgan fingerprint density at radius 2 is 2.26 bits per heavy atom. The maximum atomic E-state index is 12.0. The summed E-state index contributed by atoms with van der Waals surface area (Å²) < 4.78 is 8.00. The van der Waals surface area contributed by atoms with Crippen LogP contribution in [0.1, 0.15) is 20.8 Å². The molecular formula is C11H14BN2O4P. The van der Waals surface area contributed by atoms with Gasteiger partial charge in [-0.05, 0) is 19.4 Å². The maximum Gasteiger partial charge on any atom is 0.364 e. The largest absolute Gasteiger partial charge is 0.393 e. The van der Waals surface area contributed by atoms with Crippen LogP contribution >= 0.6 is 8.60 Å². The van der Waals surface area contributed by atoms with Crippen LogP contribution in [0.15, 0.2) is 15.9 Å². The van der Waals surface area contributed by atoms with Crippen molar-refractivity contribution in [3.63, 3.8) is 0 Å². The number of aliphatic hydroxyl groups excluding tert-OH is 1. The number of rotatable bonds is 3. The Kier molecular flexibility index (Phi) is 3.79. The van der Waals surface area contributed by atoms with Crippen LogP contribution in [0.2, 0.25) is 0 Å². The first-order chi connectivity index (χ1) is 8.91. The average Bonchev–Trinajstić information content (AvgIpc) is 2.57. The Balaban J connectivity index is 2.27. The molecule has 6 nitrogen and oxygen atoms in total. The molecule has 0 spiro atoms. The molecule has 2 aliphatic heterocycles. The third-order valence-corrected chi connectivity index (χ3v) is 4.22. The molecule has 1 amide bonds. The highest BCUT2D eigenvalue weighted by molar-refractivity contribution is 7.22. The molecule has 0 aromatic heterocycles. The molecule has 2 aliphatic rings. The Bertz CT molecular complexity index is 491. The SMILES string of the molecule is [B]N=POC(=O)C1=C(C)[C@H](C)[C@@H]2[C@@H]([C@@H](C)O)C(=O)N12. The highest BCUT2D eigenvalue weighted by Crippen LogP contribution is 2.47. The van der Waals surface area contributed by atoms with Crippen molar-refractivity contribution in [3.8, 4) is 0 Å². The molecule has 0 bridgehead atoms. The second-order valence-corrected chi connectivity index (χ2v) is 5.44. The van der Waals surface area contributed by atoms with Gasteiger partial charge in [0.05, 0.1) is 18.1 Å². The van der Waals surface area contributed by atoms with Gasteiger partial charge in [-0.2, -0.15) is 0 Å². The number of hydrogen-bond acceptors (Lipinski definition) is 5. The summed E-state index contributed by atoms with van der Waals surface area (Å²) in [4.78, 5) is 25.4. The van der Waals surface area contributed by atoms with E-state index in [0.29, 0.717) is 0 Å². The molecule has 1 saturated heterocycles. The highest BCUT2D eigenvalue weighted by atomic mass is 31.1. The molecule has 0 unspecified atom stereocenters. The summed E-state index contributed by atoms with van der Waals surface area (Å²) >= 11 is 0. The zero-order valence-corrected chi connectivity index (χ0v) is 11.8. The molecule has 1 fully saturated rings. The number of hydrogen-bond donors (Lipinski definition) is 1.